The average Bonchev–Trinajstić information content (AvgIpc) is 3.48. The van der Waals surface area contributed by atoms with Crippen LogP contribution in [0.15, 0.2) is 30.3 Å². The Hall–Kier alpha value is -1.72. The van der Waals surface area contributed by atoms with Crippen LogP contribution in [0.2, 0.25) is 5.02 Å². The molecule has 3 aliphatic rings. The fourth-order valence-corrected chi connectivity index (χ4v) is 5.95. The van der Waals surface area contributed by atoms with Crippen molar-refractivity contribution < 1.29 is 4.39 Å². The van der Waals surface area contributed by atoms with Crippen molar-refractivity contribution in [3.8, 4) is 11.3 Å². The molecule has 0 unspecified atom stereocenters. The monoisotopic (exact) mass is 442 g/mol. The maximum absolute atomic E-state index is 13.5. The van der Waals surface area contributed by atoms with Crippen molar-refractivity contribution in [1.82, 2.24) is 15.1 Å². The largest absolute Gasteiger partial charge is 0.368 e. The van der Waals surface area contributed by atoms with Crippen molar-refractivity contribution in [3.63, 3.8) is 0 Å². The van der Waals surface area contributed by atoms with E-state index in [1.54, 1.807) is 6.07 Å². The number of halogens is 2. The van der Waals surface area contributed by atoms with E-state index in [4.69, 9.17) is 11.6 Å². The molecule has 3 fully saturated rings. The topological polar surface area (TPSA) is 41.0 Å². The molecule has 1 N–H and O–H groups in total. The van der Waals surface area contributed by atoms with Gasteiger partial charge in [0, 0.05) is 18.7 Å². The summed E-state index contributed by atoms with van der Waals surface area (Å²) in [5, 5.41) is 12.5. The molecule has 1 saturated heterocycles. The summed E-state index contributed by atoms with van der Waals surface area (Å²) in [5.41, 5.74) is 1.71. The second-order valence-corrected chi connectivity index (χ2v) is 10.3. The van der Waals surface area contributed by atoms with Crippen LogP contribution in [0.1, 0.15) is 51.4 Å². The first-order chi connectivity index (χ1) is 15.1. The van der Waals surface area contributed by atoms with Gasteiger partial charge in [-0.1, -0.05) is 30.9 Å². The van der Waals surface area contributed by atoms with Crippen LogP contribution < -0.4 is 5.32 Å². The molecule has 1 atom stereocenters. The lowest BCUT2D eigenvalue weighted by molar-refractivity contribution is 0.131. The summed E-state index contributed by atoms with van der Waals surface area (Å²) in [6, 6.07) is 8.05. The standard InChI is InChI=1S/C25H32ClFN4/c26-22-7-6-20(27)14-21(22)23-8-9-24(30-29-23)28-16-19-15-25(19)10-12-31(13-11-25)17-18-4-2-1-3-5-18/h6-9,14,18-19H,1-5,10-13,15-17H2,(H,28,30)/t19-/m1/s1. The quantitative estimate of drug-likeness (QED) is 0.592. The van der Waals surface area contributed by atoms with Gasteiger partial charge in [0.1, 0.15) is 11.6 Å². The van der Waals surface area contributed by atoms with Gasteiger partial charge in [-0.05, 0) is 92.8 Å². The maximum Gasteiger partial charge on any atom is 0.148 e. The molecule has 0 amide bonds. The number of nitrogens with zero attached hydrogens (tertiary/aromatic N) is 3. The molecule has 1 aromatic heterocycles. The zero-order valence-corrected chi connectivity index (χ0v) is 18.9. The van der Waals surface area contributed by atoms with E-state index in [9.17, 15) is 4.39 Å². The number of piperidine rings is 1. The van der Waals surface area contributed by atoms with Gasteiger partial charge in [0.25, 0.3) is 0 Å². The summed E-state index contributed by atoms with van der Waals surface area (Å²) < 4.78 is 13.5. The number of rotatable bonds is 6. The molecule has 1 aromatic carbocycles. The van der Waals surface area contributed by atoms with Gasteiger partial charge in [0.2, 0.25) is 0 Å². The molecule has 2 aliphatic carbocycles. The lowest BCUT2D eigenvalue weighted by atomic mass is 9.86. The van der Waals surface area contributed by atoms with Gasteiger partial charge in [-0.25, -0.2) is 4.39 Å². The van der Waals surface area contributed by atoms with Crippen LogP contribution in [0.25, 0.3) is 11.3 Å². The highest BCUT2D eigenvalue weighted by Gasteiger charge is 2.54. The van der Waals surface area contributed by atoms with Crippen LogP contribution in [-0.2, 0) is 0 Å². The Balaban J connectivity index is 1.09. The highest BCUT2D eigenvalue weighted by atomic mass is 35.5. The predicted molar refractivity (Wildman–Crippen MR) is 124 cm³/mol. The van der Waals surface area contributed by atoms with E-state index in [1.165, 1.54) is 83.1 Å². The van der Waals surface area contributed by atoms with E-state index in [-0.39, 0.29) is 5.82 Å². The normalized spacial score (nSPS) is 23.7. The van der Waals surface area contributed by atoms with Crippen LogP contribution >= 0.6 is 11.6 Å². The highest BCUT2D eigenvalue weighted by molar-refractivity contribution is 6.33. The number of nitrogens with one attached hydrogen (secondary N) is 1. The number of hydrogen-bond donors (Lipinski definition) is 1. The van der Waals surface area contributed by atoms with Gasteiger partial charge < -0.3 is 10.2 Å². The number of hydrogen-bond acceptors (Lipinski definition) is 4. The minimum atomic E-state index is -0.327. The predicted octanol–water partition coefficient (Wildman–Crippen LogP) is 6.03. The molecule has 0 radical (unpaired) electrons. The Labute approximate surface area is 189 Å². The molecule has 2 aromatic rings. The van der Waals surface area contributed by atoms with E-state index in [2.05, 4.69) is 20.4 Å². The minimum absolute atomic E-state index is 0.327. The number of aromatic nitrogens is 2. The zero-order valence-electron chi connectivity index (χ0n) is 18.1. The lowest BCUT2D eigenvalue weighted by Gasteiger charge is -2.36. The van der Waals surface area contributed by atoms with Gasteiger partial charge in [-0.3, -0.25) is 0 Å². The molecule has 6 heteroatoms. The Morgan fingerprint density at radius 3 is 2.61 bits per heavy atom. The van der Waals surface area contributed by atoms with Crippen LogP contribution in [0, 0.1) is 23.1 Å². The Morgan fingerprint density at radius 2 is 1.87 bits per heavy atom. The fraction of sp³-hybridized carbons (Fsp3) is 0.600. The number of likely N-dealkylation sites (tertiary alicyclic amines) is 1. The molecule has 0 bridgehead atoms. The summed E-state index contributed by atoms with van der Waals surface area (Å²) >= 11 is 6.18. The average molecular weight is 443 g/mol. The van der Waals surface area contributed by atoms with Gasteiger partial charge >= 0.3 is 0 Å². The third kappa shape index (κ3) is 4.88. The summed E-state index contributed by atoms with van der Waals surface area (Å²) in [5.74, 6) is 2.13. The van der Waals surface area contributed by atoms with Crippen molar-refractivity contribution in [1.29, 1.82) is 0 Å². The summed E-state index contributed by atoms with van der Waals surface area (Å²) in [7, 11) is 0. The van der Waals surface area contributed by atoms with Gasteiger partial charge in [-0.2, -0.15) is 0 Å². The Morgan fingerprint density at radius 1 is 1.06 bits per heavy atom. The third-order valence-electron chi connectivity index (χ3n) is 7.85. The summed E-state index contributed by atoms with van der Waals surface area (Å²) in [4.78, 5) is 2.73. The van der Waals surface area contributed by atoms with Crippen LogP contribution in [0.5, 0.6) is 0 Å². The first kappa shape index (κ1) is 21.1. The van der Waals surface area contributed by atoms with E-state index >= 15 is 0 Å². The Bertz CT molecular complexity index is 889. The molecular weight excluding hydrogens is 411 g/mol. The van der Waals surface area contributed by atoms with E-state index in [0.717, 1.165) is 24.2 Å². The first-order valence-corrected chi connectivity index (χ1v) is 12.2. The van der Waals surface area contributed by atoms with Crippen molar-refractivity contribution in [2.24, 2.45) is 17.3 Å². The SMILES string of the molecule is Fc1ccc(Cl)c(-c2ccc(NC[C@H]3CC34CCN(CC3CCCCC3)CC4)nn2)c1. The molecule has 4 nitrogen and oxygen atoms in total. The second kappa shape index (κ2) is 9.03. The molecule has 31 heavy (non-hydrogen) atoms. The molecule has 1 spiro atoms. The Kier molecular flexibility index (Phi) is 6.16. The van der Waals surface area contributed by atoms with Gasteiger partial charge in [0.15, 0.2) is 0 Å². The molecule has 2 saturated carbocycles. The number of anilines is 1. The van der Waals surface area contributed by atoms with E-state index in [0.29, 0.717) is 21.7 Å². The van der Waals surface area contributed by atoms with Crippen LogP contribution in [0.4, 0.5) is 10.2 Å². The highest BCUT2D eigenvalue weighted by Crippen LogP contribution is 2.59. The molecule has 2 heterocycles. The van der Waals surface area contributed by atoms with Crippen LogP contribution in [0.3, 0.4) is 0 Å². The number of benzene rings is 1. The first-order valence-electron chi connectivity index (χ1n) is 11.9. The fourth-order valence-electron chi connectivity index (χ4n) is 5.74. The van der Waals surface area contributed by atoms with E-state index < -0.39 is 0 Å². The maximum atomic E-state index is 13.5. The van der Waals surface area contributed by atoms with Crippen molar-refractivity contribution in [3.05, 3.63) is 41.2 Å². The van der Waals surface area contributed by atoms with Crippen molar-refractivity contribution in [2.75, 3.05) is 31.5 Å². The zero-order chi connectivity index (χ0) is 21.3. The minimum Gasteiger partial charge on any atom is -0.368 e. The molecular formula is C25H32ClFN4. The van der Waals surface area contributed by atoms with Gasteiger partial charge in [-0.15, -0.1) is 10.2 Å². The lowest BCUT2D eigenvalue weighted by Crippen LogP contribution is -2.39. The van der Waals surface area contributed by atoms with Crippen LogP contribution in [-0.4, -0.2) is 41.3 Å². The second-order valence-electron chi connectivity index (χ2n) is 9.88. The van der Waals surface area contributed by atoms with Crippen molar-refractivity contribution in [2.45, 2.75) is 51.4 Å². The third-order valence-corrected chi connectivity index (χ3v) is 8.18. The van der Waals surface area contributed by atoms with Crippen molar-refractivity contribution >= 4 is 17.4 Å². The molecule has 166 valence electrons. The molecule has 5 rings (SSSR count). The smallest absolute Gasteiger partial charge is 0.148 e. The summed E-state index contributed by atoms with van der Waals surface area (Å²) in [6.45, 7) is 4.83. The van der Waals surface area contributed by atoms with Gasteiger partial charge in [0.05, 0.1) is 10.7 Å². The summed E-state index contributed by atoms with van der Waals surface area (Å²) in [6.07, 6.45) is 11.2. The van der Waals surface area contributed by atoms with E-state index in [1.807, 2.05) is 12.1 Å². The molecule has 1 aliphatic heterocycles.